The molecule has 3 rings (SSSR count). The molecule has 1 aromatic rings. The predicted octanol–water partition coefficient (Wildman–Crippen LogP) is 7.43. The first-order chi connectivity index (χ1) is 17.8. The Balaban J connectivity index is 2.02. The van der Waals surface area contributed by atoms with Gasteiger partial charge in [-0.05, 0) is 82.2 Å². The van der Waals surface area contributed by atoms with Crippen LogP contribution in [0.1, 0.15) is 80.2 Å². The minimum absolute atomic E-state index is 0.0703. The molecule has 1 heterocycles. The highest BCUT2D eigenvalue weighted by atomic mass is 19.1. The molecule has 0 bridgehead atoms. The predicted molar refractivity (Wildman–Crippen MR) is 154 cm³/mol. The molecular weight excluding hydrogens is 480 g/mol. The Kier molecular flexibility index (Phi) is 9.38. The Morgan fingerprint density at radius 3 is 2.13 bits per heavy atom. The Bertz CT molecular complexity index is 1130. The molecule has 208 valence electrons. The highest BCUT2D eigenvalue weighted by Gasteiger charge is 2.38. The molecule has 2 fully saturated rings. The van der Waals surface area contributed by atoms with Crippen LogP contribution in [0, 0.1) is 23.0 Å². The van der Waals surface area contributed by atoms with Crippen LogP contribution in [0.25, 0.3) is 5.57 Å². The average Bonchev–Trinajstić information content (AvgIpc) is 3.66. The van der Waals surface area contributed by atoms with Gasteiger partial charge in [0.25, 0.3) is 0 Å². The highest BCUT2D eigenvalue weighted by molar-refractivity contribution is 6.09. The largest absolute Gasteiger partial charge is 0.368 e. The molecule has 1 aliphatic carbocycles. The maximum atomic E-state index is 14.0. The molecule has 1 aromatic carbocycles. The lowest BCUT2D eigenvalue weighted by molar-refractivity contribution is -0.145. The summed E-state index contributed by atoms with van der Waals surface area (Å²) in [7, 11) is 0. The first-order valence-electron chi connectivity index (χ1n) is 13.9. The van der Waals surface area contributed by atoms with Crippen LogP contribution in [-0.4, -0.2) is 53.1 Å². The van der Waals surface area contributed by atoms with E-state index in [1.165, 1.54) is 17.7 Å². The third-order valence-corrected chi connectivity index (χ3v) is 7.59. The van der Waals surface area contributed by atoms with Gasteiger partial charge in [-0.1, -0.05) is 33.4 Å². The minimum Gasteiger partial charge on any atom is -0.368 e. The maximum absolute atomic E-state index is 14.0. The van der Waals surface area contributed by atoms with Gasteiger partial charge >= 0.3 is 0 Å². The van der Waals surface area contributed by atoms with E-state index in [2.05, 4.69) is 45.2 Å². The van der Waals surface area contributed by atoms with Gasteiger partial charge in [0.2, 0.25) is 5.91 Å². The van der Waals surface area contributed by atoms with E-state index in [-0.39, 0.29) is 18.0 Å². The van der Waals surface area contributed by atoms with Crippen LogP contribution >= 0.6 is 0 Å². The number of allylic oxidation sites excluding steroid dienone is 5. The minimum atomic E-state index is -0.611. The molecule has 1 saturated carbocycles. The fourth-order valence-corrected chi connectivity index (χ4v) is 5.49. The lowest BCUT2D eigenvalue weighted by Gasteiger charge is -2.48. The molecule has 0 spiro atoms. The second-order valence-corrected chi connectivity index (χ2v) is 11.9. The molecule has 1 saturated heterocycles. The number of hydrogen-bond acceptors (Lipinski definition) is 3. The van der Waals surface area contributed by atoms with Gasteiger partial charge in [-0.2, -0.15) is 0 Å². The highest BCUT2D eigenvalue weighted by Crippen LogP contribution is 2.43. The first-order valence-corrected chi connectivity index (χ1v) is 13.9. The fourth-order valence-electron chi connectivity index (χ4n) is 5.49. The van der Waals surface area contributed by atoms with Crippen molar-refractivity contribution in [1.82, 2.24) is 9.80 Å². The molecule has 1 amide bonds. The van der Waals surface area contributed by atoms with Crippen molar-refractivity contribution in [3.63, 3.8) is 0 Å². The number of halogens is 2. The van der Waals surface area contributed by atoms with Crippen molar-refractivity contribution < 1.29 is 13.6 Å². The van der Waals surface area contributed by atoms with E-state index >= 15 is 0 Å². The van der Waals surface area contributed by atoms with Crippen LogP contribution in [0.3, 0.4) is 0 Å². The Labute approximate surface area is 228 Å². The number of carbonyl (C=O) groups excluding carboxylic acids is 1. The number of carbonyl (C=O) groups is 1. The molecule has 0 aromatic heterocycles. The molecule has 0 radical (unpaired) electrons. The van der Waals surface area contributed by atoms with Crippen LogP contribution in [-0.2, 0) is 4.79 Å². The van der Waals surface area contributed by atoms with E-state index in [1.54, 1.807) is 0 Å². The van der Waals surface area contributed by atoms with Gasteiger partial charge in [-0.3, -0.25) is 9.79 Å². The van der Waals surface area contributed by atoms with Crippen molar-refractivity contribution in [3.05, 3.63) is 64.9 Å². The molecule has 6 heteroatoms. The van der Waals surface area contributed by atoms with Crippen molar-refractivity contribution in [2.45, 2.75) is 86.7 Å². The smallest absolute Gasteiger partial charge is 0.228 e. The molecule has 1 aliphatic heterocycles. The summed E-state index contributed by atoms with van der Waals surface area (Å²) in [6.45, 7) is 22.6. The lowest BCUT2D eigenvalue weighted by Crippen LogP contribution is -2.59. The molecule has 0 N–H and O–H groups in total. The summed E-state index contributed by atoms with van der Waals surface area (Å²) in [5.41, 5.74) is 5.09. The van der Waals surface area contributed by atoms with Gasteiger partial charge in [0, 0.05) is 66.6 Å². The molecule has 0 unspecified atom stereocenters. The second-order valence-electron chi connectivity index (χ2n) is 11.9. The third kappa shape index (κ3) is 6.81. The summed E-state index contributed by atoms with van der Waals surface area (Å²) in [6.07, 6.45) is 4.89. The monoisotopic (exact) mass is 525 g/mol. The number of amides is 1. The average molecular weight is 526 g/mol. The van der Waals surface area contributed by atoms with Gasteiger partial charge in [0.15, 0.2) is 0 Å². The van der Waals surface area contributed by atoms with Crippen LogP contribution in [0.15, 0.2) is 52.7 Å². The van der Waals surface area contributed by atoms with E-state index in [4.69, 9.17) is 4.99 Å². The number of hydrogen-bond donors (Lipinski definition) is 0. The van der Waals surface area contributed by atoms with Crippen molar-refractivity contribution in [2.75, 3.05) is 19.6 Å². The van der Waals surface area contributed by atoms with Gasteiger partial charge in [0.05, 0.1) is 0 Å². The standard InChI is InChI=1S/C32H45F2N3O/c1-10-28(24-12-13-24)30(29(35-11-2)14-20(3)25-15-26(33)17-27(34)16-25)23(6)36-18-22(5)37(19-21(36)4)31(38)32(7,8)9/h10,15-17,21-22,24H,3,11-14,18-19H2,1-2,4-9H3/b28-10-,30-23+,35-29?/t21-,22+/m0/s1. The number of benzene rings is 1. The summed E-state index contributed by atoms with van der Waals surface area (Å²) in [5, 5.41) is 0. The zero-order valence-corrected chi connectivity index (χ0v) is 24.5. The molecule has 38 heavy (non-hydrogen) atoms. The Hall–Kier alpha value is -2.76. The summed E-state index contributed by atoms with van der Waals surface area (Å²) in [6, 6.07) is 3.75. The van der Waals surface area contributed by atoms with Gasteiger partial charge in [-0.15, -0.1) is 0 Å². The molecule has 2 atom stereocenters. The van der Waals surface area contributed by atoms with Crippen LogP contribution in [0.4, 0.5) is 8.78 Å². The van der Waals surface area contributed by atoms with Crippen LogP contribution < -0.4 is 0 Å². The number of rotatable bonds is 8. The van der Waals surface area contributed by atoms with E-state index in [0.717, 1.165) is 42.4 Å². The molecule has 4 nitrogen and oxygen atoms in total. The normalized spacial score (nSPS) is 21.9. The van der Waals surface area contributed by atoms with Crippen molar-refractivity contribution in [2.24, 2.45) is 16.3 Å². The summed E-state index contributed by atoms with van der Waals surface area (Å²) in [5.74, 6) is -0.555. The molecular formula is C32H45F2N3O. The summed E-state index contributed by atoms with van der Waals surface area (Å²) < 4.78 is 28.0. The van der Waals surface area contributed by atoms with Gasteiger partial charge in [-0.25, -0.2) is 8.78 Å². The SMILES string of the molecule is C=C(CC(=NCC)C(/C(=C\C)C1CC1)=C(\C)N1C[C@@H](C)N(C(=O)C(C)(C)C)C[C@@H]1C)c1cc(F)cc(F)c1. The van der Waals surface area contributed by atoms with E-state index in [9.17, 15) is 13.6 Å². The van der Waals surface area contributed by atoms with Crippen LogP contribution in [0.5, 0.6) is 0 Å². The topological polar surface area (TPSA) is 35.9 Å². The fraction of sp³-hybridized carbons (Fsp3) is 0.562. The van der Waals surface area contributed by atoms with Crippen molar-refractivity contribution in [1.29, 1.82) is 0 Å². The quantitative estimate of drug-likeness (QED) is 0.261. The van der Waals surface area contributed by atoms with E-state index < -0.39 is 17.0 Å². The Morgan fingerprint density at radius 2 is 1.63 bits per heavy atom. The van der Waals surface area contributed by atoms with Crippen molar-refractivity contribution >= 4 is 17.2 Å². The van der Waals surface area contributed by atoms with Gasteiger partial charge < -0.3 is 9.80 Å². The van der Waals surface area contributed by atoms with E-state index in [1.807, 2.05) is 32.6 Å². The van der Waals surface area contributed by atoms with Gasteiger partial charge in [0.1, 0.15) is 11.6 Å². The summed E-state index contributed by atoms with van der Waals surface area (Å²) >= 11 is 0. The zero-order chi connectivity index (χ0) is 28.4. The lowest BCUT2D eigenvalue weighted by atomic mass is 9.88. The van der Waals surface area contributed by atoms with Crippen LogP contribution in [0.2, 0.25) is 0 Å². The van der Waals surface area contributed by atoms with Crippen molar-refractivity contribution in [3.8, 4) is 0 Å². The maximum Gasteiger partial charge on any atom is 0.228 e. The second kappa shape index (κ2) is 12.0. The zero-order valence-electron chi connectivity index (χ0n) is 24.5. The summed E-state index contributed by atoms with van der Waals surface area (Å²) in [4.78, 5) is 22.5. The molecule has 2 aliphatic rings. The number of piperazine rings is 1. The Morgan fingerprint density at radius 1 is 1.08 bits per heavy atom. The van der Waals surface area contributed by atoms with E-state index in [0.29, 0.717) is 36.6 Å². The number of aliphatic imine (C=N–C) groups is 1. The third-order valence-electron chi connectivity index (χ3n) is 7.59. The number of nitrogens with zero attached hydrogens (tertiary/aromatic N) is 3. The first kappa shape index (κ1) is 29.8.